The molecular formula is C27H27F4N7O2. The van der Waals surface area contributed by atoms with Gasteiger partial charge in [-0.05, 0) is 61.3 Å². The van der Waals surface area contributed by atoms with Crippen LogP contribution in [0.15, 0.2) is 54.9 Å². The Bertz CT molecular complexity index is 1520. The molecule has 3 heterocycles. The van der Waals surface area contributed by atoms with Crippen LogP contribution in [0, 0.1) is 5.82 Å². The van der Waals surface area contributed by atoms with Gasteiger partial charge in [0.1, 0.15) is 17.7 Å². The summed E-state index contributed by atoms with van der Waals surface area (Å²) in [5.41, 5.74) is 7.62. The molecule has 0 atom stereocenters. The van der Waals surface area contributed by atoms with Crippen LogP contribution in [0.5, 0.6) is 0 Å². The molecule has 13 heteroatoms. The smallest absolute Gasteiger partial charge is 0.382 e. The Hall–Kier alpha value is -4.23. The summed E-state index contributed by atoms with van der Waals surface area (Å²) < 4.78 is 61.0. The van der Waals surface area contributed by atoms with Crippen LogP contribution >= 0.6 is 0 Å². The van der Waals surface area contributed by atoms with Crippen molar-refractivity contribution in [2.75, 3.05) is 49.2 Å². The van der Waals surface area contributed by atoms with Gasteiger partial charge >= 0.3 is 12.2 Å². The van der Waals surface area contributed by atoms with E-state index in [1.165, 1.54) is 30.6 Å². The molecule has 9 nitrogen and oxygen atoms in total. The zero-order valence-electron chi connectivity index (χ0n) is 21.3. The van der Waals surface area contributed by atoms with Gasteiger partial charge in [-0.3, -0.25) is 4.90 Å². The second-order valence-corrected chi connectivity index (χ2v) is 9.36. The molecule has 1 aliphatic rings. The predicted octanol–water partition coefficient (Wildman–Crippen LogP) is 5.05. The van der Waals surface area contributed by atoms with E-state index in [1.807, 2.05) is 6.07 Å². The van der Waals surface area contributed by atoms with Crippen LogP contribution in [-0.2, 0) is 17.3 Å². The Balaban J connectivity index is 1.32. The van der Waals surface area contributed by atoms with Gasteiger partial charge in [0.2, 0.25) is 0 Å². The summed E-state index contributed by atoms with van der Waals surface area (Å²) in [6, 6.07) is 9.41. The Morgan fingerprint density at radius 3 is 2.62 bits per heavy atom. The van der Waals surface area contributed by atoms with Crippen molar-refractivity contribution in [3.05, 3.63) is 71.9 Å². The number of anilines is 3. The van der Waals surface area contributed by atoms with Gasteiger partial charge in [-0.1, -0.05) is 12.1 Å². The van der Waals surface area contributed by atoms with Crippen LogP contribution < -0.4 is 16.4 Å². The Labute approximate surface area is 226 Å². The molecule has 5 rings (SSSR count). The summed E-state index contributed by atoms with van der Waals surface area (Å²) in [5.74, 6) is -0.493. The van der Waals surface area contributed by atoms with Crippen LogP contribution in [-0.4, -0.2) is 58.4 Å². The van der Waals surface area contributed by atoms with E-state index >= 15 is 4.39 Å². The molecule has 4 aromatic rings. The molecule has 0 saturated carbocycles. The SMILES string of the molecule is Nc1ncnn2c(CCCN3CCOCC3)cc(-c3ccc(NC(=O)Nc4cccc(C(F)(F)F)c4)c(F)c3)c12. The van der Waals surface area contributed by atoms with Gasteiger partial charge in [0.25, 0.3) is 0 Å². The second kappa shape index (κ2) is 11.5. The van der Waals surface area contributed by atoms with Crippen molar-refractivity contribution in [2.24, 2.45) is 0 Å². The number of nitrogens with zero attached hydrogens (tertiary/aromatic N) is 4. The number of rotatable bonds is 7. The van der Waals surface area contributed by atoms with E-state index in [2.05, 4.69) is 25.6 Å². The van der Waals surface area contributed by atoms with E-state index in [4.69, 9.17) is 10.5 Å². The Morgan fingerprint density at radius 2 is 1.88 bits per heavy atom. The zero-order chi connectivity index (χ0) is 28.3. The number of carbonyl (C=O) groups excluding carboxylic acids is 1. The van der Waals surface area contributed by atoms with Crippen LogP contribution in [0.25, 0.3) is 16.6 Å². The zero-order valence-corrected chi connectivity index (χ0v) is 21.3. The van der Waals surface area contributed by atoms with Crippen molar-refractivity contribution in [1.29, 1.82) is 0 Å². The van der Waals surface area contributed by atoms with Gasteiger partial charge in [-0.15, -0.1) is 0 Å². The van der Waals surface area contributed by atoms with E-state index in [0.717, 1.165) is 57.1 Å². The minimum absolute atomic E-state index is 0.0822. The summed E-state index contributed by atoms with van der Waals surface area (Å²) in [4.78, 5) is 18.8. The van der Waals surface area contributed by atoms with E-state index in [1.54, 1.807) is 10.6 Å². The van der Waals surface area contributed by atoms with E-state index in [-0.39, 0.29) is 17.2 Å². The number of hydrogen-bond donors (Lipinski definition) is 3. The highest BCUT2D eigenvalue weighted by molar-refractivity contribution is 6.00. The van der Waals surface area contributed by atoms with Gasteiger partial charge < -0.3 is 21.1 Å². The number of aryl methyl sites for hydroxylation is 1. The molecule has 2 aromatic heterocycles. The lowest BCUT2D eigenvalue weighted by molar-refractivity contribution is -0.137. The maximum absolute atomic E-state index is 15.1. The lowest BCUT2D eigenvalue weighted by atomic mass is 10.1. The van der Waals surface area contributed by atoms with E-state index in [0.29, 0.717) is 23.1 Å². The van der Waals surface area contributed by atoms with E-state index < -0.39 is 23.6 Å². The summed E-state index contributed by atoms with van der Waals surface area (Å²) in [6.45, 7) is 4.15. The van der Waals surface area contributed by atoms with Crippen molar-refractivity contribution < 1.29 is 27.1 Å². The average Bonchev–Trinajstić information content (AvgIpc) is 3.30. The molecular weight excluding hydrogens is 530 g/mol. The summed E-state index contributed by atoms with van der Waals surface area (Å²) in [5, 5.41) is 8.98. The number of amides is 2. The normalized spacial score (nSPS) is 14.4. The van der Waals surface area contributed by atoms with Crippen LogP contribution in [0.3, 0.4) is 0 Å². The molecule has 1 fully saturated rings. The highest BCUT2D eigenvalue weighted by atomic mass is 19.4. The van der Waals surface area contributed by atoms with Crippen LogP contribution in [0.4, 0.5) is 39.5 Å². The van der Waals surface area contributed by atoms with Crippen molar-refractivity contribution in [2.45, 2.75) is 19.0 Å². The first kappa shape index (κ1) is 27.3. The molecule has 1 saturated heterocycles. The highest BCUT2D eigenvalue weighted by Crippen LogP contribution is 2.33. The number of nitrogens with two attached hydrogens (primary N) is 1. The van der Waals surface area contributed by atoms with Gasteiger partial charge in [0.15, 0.2) is 5.82 Å². The molecule has 0 spiro atoms. The fourth-order valence-corrected chi connectivity index (χ4v) is 4.68. The molecule has 2 aromatic carbocycles. The molecule has 4 N–H and O–H groups in total. The maximum Gasteiger partial charge on any atom is 0.416 e. The first-order chi connectivity index (χ1) is 19.2. The molecule has 0 radical (unpaired) electrons. The number of ether oxygens (including phenoxy) is 1. The monoisotopic (exact) mass is 557 g/mol. The number of benzene rings is 2. The molecule has 2 amide bonds. The molecule has 1 aliphatic heterocycles. The van der Waals surface area contributed by atoms with Gasteiger partial charge in [-0.2, -0.15) is 18.3 Å². The molecule has 40 heavy (non-hydrogen) atoms. The minimum atomic E-state index is -4.56. The van der Waals surface area contributed by atoms with Crippen molar-refractivity contribution >= 4 is 28.7 Å². The fourth-order valence-electron chi connectivity index (χ4n) is 4.68. The summed E-state index contributed by atoms with van der Waals surface area (Å²) in [6.07, 6.45) is -1.59. The lowest BCUT2D eigenvalue weighted by Crippen LogP contribution is -2.37. The molecule has 210 valence electrons. The third kappa shape index (κ3) is 6.15. The number of carbonyl (C=O) groups is 1. The third-order valence-corrected chi connectivity index (χ3v) is 6.64. The number of nitrogens with one attached hydrogen (secondary N) is 2. The van der Waals surface area contributed by atoms with Crippen LogP contribution in [0.2, 0.25) is 0 Å². The number of alkyl halides is 3. The van der Waals surface area contributed by atoms with Gasteiger partial charge in [0, 0.05) is 30.0 Å². The topological polar surface area (TPSA) is 110 Å². The lowest BCUT2D eigenvalue weighted by Gasteiger charge is -2.26. The highest BCUT2D eigenvalue weighted by Gasteiger charge is 2.30. The number of aromatic nitrogens is 3. The standard InChI is InChI=1S/C27H27F4N7O2/c28-22-13-17(6-7-23(22)36-26(39)35-19-4-1-3-18(14-19)27(29,30)31)21-15-20(38-24(21)25(32)33-16-34-38)5-2-8-37-9-11-40-12-10-37/h1,3-4,6-7,13-16H,2,5,8-12H2,(H2,32,33,34)(H2,35,36,39). The molecule has 0 bridgehead atoms. The summed E-state index contributed by atoms with van der Waals surface area (Å²) in [7, 11) is 0. The Kier molecular flexibility index (Phi) is 7.85. The maximum atomic E-state index is 15.1. The Morgan fingerprint density at radius 1 is 1.07 bits per heavy atom. The van der Waals surface area contributed by atoms with Crippen molar-refractivity contribution in [1.82, 2.24) is 19.5 Å². The predicted molar refractivity (Wildman–Crippen MR) is 142 cm³/mol. The van der Waals surface area contributed by atoms with Gasteiger partial charge in [-0.25, -0.2) is 18.7 Å². The first-order valence-corrected chi connectivity index (χ1v) is 12.7. The fraction of sp³-hybridized carbons (Fsp3) is 0.296. The number of urea groups is 1. The summed E-state index contributed by atoms with van der Waals surface area (Å²) >= 11 is 0. The minimum Gasteiger partial charge on any atom is -0.382 e. The number of halogens is 4. The largest absolute Gasteiger partial charge is 0.416 e. The molecule has 0 aliphatic carbocycles. The number of fused-ring (bicyclic) bond motifs is 1. The number of hydrogen-bond acceptors (Lipinski definition) is 6. The average molecular weight is 558 g/mol. The van der Waals surface area contributed by atoms with Crippen LogP contribution in [0.1, 0.15) is 17.7 Å². The molecule has 0 unspecified atom stereocenters. The second-order valence-electron chi connectivity index (χ2n) is 9.36. The quantitative estimate of drug-likeness (QED) is 0.275. The first-order valence-electron chi connectivity index (χ1n) is 12.7. The van der Waals surface area contributed by atoms with Crippen molar-refractivity contribution in [3.8, 4) is 11.1 Å². The van der Waals surface area contributed by atoms with E-state index in [9.17, 15) is 18.0 Å². The van der Waals surface area contributed by atoms with Gasteiger partial charge in [0.05, 0.1) is 24.5 Å². The van der Waals surface area contributed by atoms with Crippen molar-refractivity contribution in [3.63, 3.8) is 0 Å². The third-order valence-electron chi connectivity index (χ3n) is 6.64. The number of nitrogen functional groups attached to an aromatic ring is 1. The number of morpholine rings is 1.